The summed E-state index contributed by atoms with van der Waals surface area (Å²) < 4.78 is 5.89. The fourth-order valence-electron chi connectivity index (χ4n) is 3.55. The molecule has 3 aromatic rings. The molecule has 2 N–H and O–H groups in total. The van der Waals surface area contributed by atoms with E-state index in [4.69, 9.17) is 10.5 Å². The summed E-state index contributed by atoms with van der Waals surface area (Å²) in [5.41, 5.74) is 7.74. The second kappa shape index (κ2) is 8.31. The Morgan fingerprint density at radius 3 is 2.17 bits per heavy atom. The number of rotatable bonds is 7. The number of carbonyl (C=O) groups is 3. The lowest BCUT2D eigenvalue weighted by molar-refractivity contribution is 0.0359. The van der Waals surface area contributed by atoms with Crippen LogP contribution in [0.15, 0.2) is 78.9 Å². The minimum absolute atomic E-state index is 0.146. The highest BCUT2D eigenvalue weighted by Crippen LogP contribution is 2.32. The molecule has 4 rings (SSSR count). The van der Waals surface area contributed by atoms with Crippen LogP contribution in [0.2, 0.25) is 0 Å². The topological polar surface area (TPSA) is 89.7 Å². The number of benzene rings is 3. The largest absolute Gasteiger partial charge is 0.374 e. The Hall–Kier alpha value is -3.77. The van der Waals surface area contributed by atoms with E-state index in [1.54, 1.807) is 0 Å². The first kappa shape index (κ1) is 19.5. The number of carbonyl (C=O) groups excluding carboxylic acids is 3. The number of nitrogens with zero attached hydrogens (tertiary/aromatic N) is 1. The van der Waals surface area contributed by atoms with Crippen molar-refractivity contribution in [1.82, 2.24) is 4.90 Å². The highest BCUT2D eigenvalue weighted by molar-refractivity contribution is 6.22. The summed E-state index contributed by atoms with van der Waals surface area (Å²) in [5.74, 6) is -1.53. The molecule has 0 unspecified atom stereocenters. The molecule has 150 valence electrons. The molecule has 3 aromatic carbocycles. The fourth-order valence-corrected chi connectivity index (χ4v) is 3.55. The third-order valence-corrected chi connectivity index (χ3v) is 5.09. The standard InChI is InChI=1S/C24H20N2O4/c25-22(27)18-11-12-19-20(13-18)24(29)26(23(19)28)21(17-9-5-2-6-10-17)15-30-14-16-7-3-1-4-8-16/h1-13,21H,14-15H2,(H2,25,27)/t21-/m1/s1. The van der Waals surface area contributed by atoms with Gasteiger partial charge in [-0.3, -0.25) is 19.3 Å². The van der Waals surface area contributed by atoms with Crippen LogP contribution >= 0.6 is 0 Å². The van der Waals surface area contributed by atoms with E-state index in [1.807, 2.05) is 60.7 Å². The molecule has 3 amide bonds. The van der Waals surface area contributed by atoms with Crippen LogP contribution in [0.25, 0.3) is 0 Å². The quantitative estimate of drug-likeness (QED) is 0.616. The van der Waals surface area contributed by atoms with Gasteiger partial charge in [0.05, 0.1) is 30.4 Å². The molecule has 30 heavy (non-hydrogen) atoms. The van der Waals surface area contributed by atoms with Crippen LogP contribution in [0.1, 0.15) is 48.2 Å². The Morgan fingerprint density at radius 1 is 0.867 bits per heavy atom. The molecule has 1 aliphatic heterocycles. The van der Waals surface area contributed by atoms with E-state index in [0.29, 0.717) is 6.61 Å². The third kappa shape index (κ3) is 3.73. The van der Waals surface area contributed by atoms with E-state index < -0.39 is 23.8 Å². The highest BCUT2D eigenvalue weighted by Gasteiger charge is 2.41. The van der Waals surface area contributed by atoms with Crippen LogP contribution < -0.4 is 5.73 Å². The third-order valence-electron chi connectivity index (χ3n) is 5.09. The zero-order valence-electron chi connectivity index (χ0n) is 16.2. The molecule has 0 spiro atoms. The van der Waals surface area contributed by atoms with Crippen LogP contribution in [0.4, 0.5) is 0 Å². The number of primary amides is 1. The van der Waals surface area contributed by atoms with E-state index in [1.165, 1.54) is 23.1 Å². The molecule has 0 radical (unpaired) electrons. The maximum absolute atomic E-state index is 13.1. The first-order valence-electron chi connectivity index (χ1n) is 9.54. The lowest BCUT2D eigenvalue weighted by Gasteiger charge is -2.26. The van der Waals surface area contributed by atoms with Gasteiger partial charge in [0.15, 0.2) is 0 Å². The van der Waals surface area contributed by atoms with Gasteiger partial charge in [-0.15, -0.1) is 0 Å². The fraction of sp³-hybridized carbons (Fsp3) is 0.125. The Balaban J connectivity index is 1.62. The average molecular weight is 400 g/mol. The van der Waals surface area contributed by atoms with Crippen LogP contribution in [0, 0.1) is 0 Å². The van der Waals surface area contributed by atoms with Crippen molar-refractivity contribution in [3.05, 3.63) is 107 Å². The summed E-state index contributed by atoms with van der Waals surface area (Å²) in [6.45, 7) is 0.506. The minimum Gasteiger partial charge on any atom is -0.374 e. The molecule has 0 fully saturated rings. The molecule has 6 heteroatoms. The summed E-state index contributed by atoms with van der Waals surface area (Å²) in [4.78, 5) is 38.9. The second-order valence-electron chi connectivity index (χ2n) is 7.03. The molecule has 0 aromatic heterocycles. The summed E-state index contributed by atoms with van der Waals surface area (Å²) >= 11 is 0. The maximum Gasteiger partial charge on any atom is 0.262 e. The zero-order valence-corrected chi connectivity index (χ0v) is 16.2. The smallest absolute Gasteiger partial charge is 0.262 e. The van der Waals surface area contributed by atoms with Crippen LogP contribution in [0.5, 0.6) is 0 Å². The summed E-state index contributed by atoms with van der Waals surface area (Å²) in [7, 11) is 0. The Morgan fingerprint density at radius 2 is 1.50 bits per heavy atom. The monoisotopic (exact) mass is 400 g/mol. The lowest BCUT2D eigenvalue weighted by atomic mass is 10.1. The SMILES string of the molecule is NC(=O)c1ccc2c(c1)C(=O)N([C@H](COCc1ccccc1)c1ccccc1)C2=O. The Kier molecular flexibility index (Phi) is 5.41. The molecule has 1 atom stereocenters. The van der Waals surface area contributed by atoms with Crippen molar-refractivity contribution < 1.29 is 19.1 Å². The zero-order chi connectivity index (χ0) is 21.1. The van der Waals surface area contributed by atoms with Crippen molar-refractivity contribution in [2.24, 2.45) is 5.73 Å². The molecule has 1 heterocycles. The van der Waals surface area contributed by atoms with Gasteiger partial charge in [-0.05, 0) is 29.3 Å². The van der Waals surface area contributed by atoms with Gasteiger partial charge in [-0.2, -0.15) is 0 Å². The van der Waals surface area contributed by atoms with E-state index >= 15 is 0 Å². The highest BCUT2D eigenvalue weighted by atomic mass is 16.5. The van der Waals surface area contributed by atoms with Crippen molar-refractivity contribution in [2.45, 2.75) is 12.6 Å². The normalized spacial score (nSPS) is 13.9. The van der Waals surface area contributed by atoms with Crippen molar-refractivity contribution in [3.63, 3.8) is 0 Å². The van der Waals surface area contributed by atoms with Gasteiger partial charge >= 0.3 is 0 Å². The first-order chi connectivity index (χ1) is 14.6. The van der Waals surface area contributed by atoms with Gasteiger partial charge < -0.3 is 10.5 Å². The van der Waals surface area contributed by atoms with E-state index in [-0.39, 0.29) is 23.3 Å². The van der Waals surface area contributed by atoms with Gasteiger partial charge in [0, 0.05) is 5.56 Å². The number of fused-ring (bicyclic) bond motifs is 1. The lowest BCUT2D eigenvalue weighted by Crippen LogP contribution is -2.36. The molecular weight excluding hydrogens is 380 g/mol. The van der Waals surface area contributed by atoms with Crippen LogP contribution in [-0.4, -0.2) is 29.2 Å². The average Bonchev–Trinajstić information content (AvgIpc) is 3.02. The van der Waals surface area contributed by atoms with Crippen molar-refractivity contribution >= 4 is 17.7 Å². The van der Waals surface area contributed by atoms with Crippen molar-refractivity contribution in [3.8, 4) is 0 Å². The number of hydrogen-bond acceptors (Lipinski definition) is 4. The Bertz CT molecular complexity index is 1100. The van der Waals surface area contributed by atoms with E-state index in [9.17, 15) is 14.4 Å². The van der Waals surface area contributed by atoms with Crippen LogP contribution in [-0.2, 0) is 11.3 Å². The van der Waals surface area contributed by atoms with E-state index in [0.717, 1.165) is 11.1 Å². The van der Waals surface area contributed by atoms with Gasteiger partial charge in [-0.25, -0.2) is 0 Å². The van der Waals surface area contributed by atoms with Gasteiger partial charge in [0.1, 0.15) is 0 Å². The molecule has 0 bridgehead atoms. The van der Waals surface area contributed by atoms with Crippen molar-refractivity contribution in [2.75, 3.05) is 6.61 Å². The number of imide groups is 1. The minimum atomic E-state index is -0.651. The maximum atomic E-state index is 13.1. The summed E-state index contributed by atoms with van der Waals surface area (Å²) in [6.07, 6.45) is 0. The second-order valence-corrected chi connectivity index (χ2v) is 7.03. The van der Waals surface area contributed by atoms with Crippen molar-refractivity contribution in [1.29, 1.82) is 0 Å². The molecule has 6 nitrogen and oxygen atoms in total. The number of nitrogens with two attached hydrogens (primary N) is 1. The predicted molar refractivity (Wildman–Crippen MR) is 111 cm³/mol. The molecule has 0 aliphatic carbocycles. The molecule has 0 saturated heterocycles. The van der Waals surface area contributed by atoms with Gasteiger partial charge in [0.2, 0.25) is 5.91 Å². The first-order valence-corrected chi connectivity index (χ1v) is 9.54. The molecular formula is C24H20N2O4. The number of ether oxygens (including phenoxy) is 1. The molecule has 0 saturated carbocycles. The number of amides is 3. The van der Waals surface area contributed by atoms with Gasteiger partial charge in [0.25, 0.3) is 11.8 Å². The Labute approximate surface area is 173 Å². The molecule has 1 aliphatic rings. The number of hydrogen-bond donors (Lipinski definition) is 1. The predicted octanol–water partition coefficient (Wildman–Crippen LogP) is 3.34. The van der Waals surface area contributed by atoms with Gasteiger partial charge in [-0.1, -0.05) is 60.7 Å². The summed E-state index contributed by atoms with van der Waals surface area (Å²) in [6, 6.07) is 22.7. The van der Waals surface area contributed by atoms with E-state index in [2.05, 4.69) is 0 Å². The summed E-state index contributed by atoms with van der Waals surface area (Å²) in [5, 5.41) is 0. The van der Waals surface area contributed by atoms with Crippen LogP contribution in [0.3, 0.4) is 0 Å².